The highest BCUT2D eigenvalue weighted by molar-refractivity contribution is 5.73. The molecule has 0 spiro atoms. The Morgan fingerprint density at radius 1 is 0.722 bits per heavy atom. The van der Waals surface area contributed by atoms with Crippen molar-refractivity contribution in [1.82, 2.24) is 5.32 Å². The van der Waals surface area contributed by atoms with Crippen molar-refractivity contribution in [3.05, 3.63) is 0 Å². The highest BCUT2D eigenvalue weighted by Gasteiger charge is 2.53. The Hall–Kier alpha value is -1.09. The fourth-order valence-corrected chi connectivity index (χ4v) is 4.39. The molecule has 3 aliphatic heterocycles. The van der Waals surface area contributed by atoms with Crippen LogP contribution in [0.25, 0.3) is 0 Å². The Bertz CT molecular complexity index is 731. The number of aliphatic hydroxyl groups excluding tert-OH is 9. The number of hydrogen-bond acceptors (Lipinski definition) is 15. The summed E-state index contributed by atoms with van der Waals surface area (Å²) in [6, 6.07) is -1.39. The Morgan fingerprint density at radius 3 is 1.92 bits per heavy atom. The van der Waals surface area contributed by atoms with Gasteiger partial charge < -0.3 is 75.0 Å². The molecule has 210 valence electrons. The minimum absolute atomic E-state index is 0.616. The van der Waals surface area contributed by atoms with Crippen LogP contribution in [0.3, 0.4) is 0 Å². The first kappa shape index (κ1) is 29.5. The van der Waals surface area contributed by atoms with E-state index in [1.165, 1.54) is 6.92 Å². The van der Waals surface area contributed by atoms with Crippen LogP contribution in [0.1, 0.15) is 13.8 Å². The van der Waals surface area contributed by atoms with Crippen molar-refractivity contribution >= 4 is 5.91 Å². The molecule has 3 aliphatic rings. The summed E-state index contributed by atoms with van der Waals surface area (Å²) >= 11 is 0. The number of ether oxygens (including phenoxy) is 5. The molecule has 0 radical (unpaired) electrons. The van der Waals surface area contributed by atoms with Gasteiger partial charge in [0.25, 0.3) is 0 Å². The number of amides is 1. The molecule has 0 aromatic heterocycles. The largest absolute Gasteiger partial charge is 0.394 e. The molecule has 0 aromatic carbocycles. The number of carbonyl (C=O) groups is 1. The number of aliphatic hydroxyl groups is 9. The van der Waals surface area contributed by atoms with Crippen molar-refractivity contribution in [2.45, 2.75) is 106 Å². The van der Waals surface area contributed by atoms with Crippen LogP contribution in [0.2, 0.25) is 0 Å². The summed E-state index contributed by atoms with van der Waals surface area (Å²) in [5.41, 5.74) is 0. The number of nitrogens with one attached hydrogen (secondary N) is 1. The van der Waals surface area contributed by atoms with E-state index < -0.39 is 111 Å². The van der Waals surface area contributed by atoms with Gasteiger partial charge in [-0.25, -0.2) is 0 Å². The molecule has 0 saturated carbocycles. The van der Waals surface area contributed by atoms with Gasteiger partial charge in [0.05, 0.1) is 19.3 Å². The monoisotopic (exact) mass is 529 g/mol. The summed E-state index contributed by atoms with van der Waals surface area (Å²) in [5, 5.41) is 93.8. The molecule has 3 fully saturated rings. The van der Waals surface area contributed by atoms with Gasteiger partial charge in [0.15, 0.2) is 18.9 Å². The summed E-state index contributed by atoms with van der Waals surface area (Å²) in [4.78, 5) is 11.5. The highest BCUT2D eigenvalue weighted by atomic mass is 16.8. The van der Waals surface area contributed by atoms with Gasteiger partial charge in [-0.2, -0.15) is 0 Å². The van der Waals surface area contributed by atoms with Gasteiger partial charge >= 0.3 is 0 Å². The van der Waals surface area contributed by atoms with Crippen LogP contribution >= 0.6 is 0 Å². The Kier molecular flexibility index (Phi) is 9.97. The zero-order valence-electron chi connectivity index (χ0n) is 19.5. The van der Waals surface area contributed by atoms with Crippen molar-refractivity contribution in [1.29, 1.82) is 0 Å². The van der Waals surface area contributed by atoms with E-state index in [1.807, 2.05) is 0 Å². The van der Waals surface area contributed by atoms with E-state index in [-0.39, 0.29) is 0 Å². The van der Waals surface area contributed by atoms with Crippen molar-refractivity contribution in [3.63, 3.8) is 0 Å². The van der Waals surface area contributed by atoms with Crippen molar-refractivity contribution in [2.75, 3.05) is 13.2 Å². The molecule has 0 bridgehead atoms. The van der Waals surface area contributed by atoms with Crippen molar-refractivity contribution < 1.29 is 74.4 Å². The van der Waals surface area contributed by atoms with Crippen LogP contribution in [-0.2, 0) is 28.5 Å². The van der Waals surface area contributed by atoms with E-state index in [0.29, 0.717) is 0 Å². The smallest absolute Gasteiger partial charge is 0.217 e. The van der Waals surface area contributed by atoms with E-state index in [0.717, 1.165) is 6.92 Å². The maximum atomic E-state index is 11.5. The lowest BCUT2D eigenvalue weighted by Crippen LogP contribution is -2.68. The zero-order chi connectivity index (χ0) is 26.9. The molecule has 36 heavy (non-hydrogen) atoms. The van der Waals surface area contributed by atoms with Gasteiger partial charge in [0, 0.05) is 6.92 Å². The van der Waals surface area contributed by atoms with E-state index >= 15 is 0 Å². The van der Waals surface area contributed by atoms with Crippen molar-refractivity contribution in [3.8, 4) is 0 Å². The quantitative estimate of drug-likeness (QED) is 0.147. The van der Waals surface area contributed by atoms with Gasteiger partial charge in [0.2, 0.25) is 5.91 Å². The molecule has 15 atom stereocenters. The highest BCUT2D eigenvalue weighted by Crippen LogP contribution is 2.32. The standard InChI is InChI=1S/C20H35NO15/c1-5-10(25)13(28)15(30)19(32-5)36-17-14(29)11(26)7(3-22)34-20(17)35-16-8(4-23)33-18(31)9(12(16)27)21-6(2)24/h5,7-20,22-23,25-31H,3-4H2,1-2H3,(H,21,24)/t5-,7-,8-,9-,10-,11+,12+,13+,14-,15-,16-,17-,18-,19+,20+/m1/s1. The summed E-state index contributed by atoms with van der Waals surface area (Å²) < 4.78 is 27.5. The van der Waals surface area contributed by atoms with Crippen LogP contribution in [0, 0.1) is 0 Å². The molecule has 3 heterocycles. The summed E-state index contributed by atoms with van der Waals surface area (Å²) in [5.74, 6) is -0.616. The first-order valence-electron chi connectivity index (χ1n) is 11.4. The van der Waals surface area contributed by atoms with E-state index in [1.54, 1.807) is 0 Å². The molecule has 3 rings (SSSR count). The lowest BCUT2D eigenvalue weighted by atomic mass is 9.95. The fourth-order valence-electron chi connectivity index (χ4n) is 4.39. The van der Waals surface area contributed by atoms with Gasteiger partial charge in [0.1, 0.15) is 67.1 Å². The van der Waals surface area contributed by atoms with Crippen LogP contribution in [-0.4, -0.2) is 157 Å². The van der Waals surface area contributed by atoms with Gasteiger partial charge in [-0.1, -0.05) is 0 Å². The van der Waals surface area contributed by atoms with Crippen LogP contribution in [0.15, 0.2) is 0 Å². The first-order chi connectivity index (χ1) is 16.9. The number of hydrogen-bond donors (Lipinski definition) is 10. The second-order valence-corrected chi connectivity index (χ2v) is 9.05. The predicted octanol–water partition coefficient (Wildman–Crippen LogP) is -6.40. The molecule has 1 amide bonds. The van der Waals surface area contributed by atoms with Crippen molar-refractivity contribution in [2.24, 2.45) is 0 Å². The Balaban J connectivity index is 1.86. The maximum absolute atomic E-state index is 11.5. The Morgan fingerprint density at radius 2 is 1.33 bits per heavy atom. The third-order valence-corrected chi connectivity index (χ3v) is 6.46. The number of rotatable bonds is 7. The maximum Gasteiger partial charge on any atom is 0.217 e. The molecule has 0 aliphatic carbocycles. The Labute approximate surface area is 205 Å². The third kappa shape index (κ3) is 5.97. The second-order valence-electron chi connectivity index (χ2n) is 9.05. The average molecular weight is 529 g/mol. The molecule has 16 nitrogen and oxygen atoms in total. The average Bonchev–Trinajstić information content (AvgIpc) is 2.84. The van der Waals surface area contributed by atoms with Gasteiger partial charge in [-0.3, -0.25) is 4.79 Å². The normalized spacial score (nSPS) is 50.0. The first-order valence-corrected chi connectivity index (χ1v) is 11.4. The zero-order valence-corrected chi connectivity index (χ0v) is 19.5. The van der Waals surface area contributed by atoms with Gasteiger partial charge in [-0.15, -0.1) is 0 Å². The minimum Gasteiger partial charge on any atom is -0.394 e. The molecule has 10 N–H and O–H groups in total. The molecular formula is C20H35NO15. The third-order valence-electron chi connectivity index (χ3n) is 6.46. The summed E-state index contributed by atoms with van der Waals surface area (Å²) in [7, 11) is 0. The molecule has 3 saturated heterocycles. The SMILES string of the molecule is CC(=O)N[C@@H]1[C@H](O)[C@H](O[C@@H]2O[C@H](CO)[C@H](O)[C@@H](O)[C@H]2O[C@@H]2O[C@H](C)[C@@H](O)[C@H](O)[C@H]2O)[C@@H](CO)O[C@H]1O. The fraction of sp³-hybridized carbons (Fsp3) is 0.950. The summed E-state index contributed by atoms with van der Waals surface area (Å²) in [6.07, 6.45) is -22.1. The van der Waals surface area contributed by atoms with E-state index in [9.17, 15) is 50.8 Å². The van der Waals surface area contributed by atoms with Crippen LogP contribution in [0.5, 0.6) is 0 Å². The second kappa shape index (κ2) is 12.2. The minimum atomic E-state index is -1.82. The lowest BCUT2D eigenvalue weighted by Gasteiger charge is -2.48. The molecule has 0 aromatic rings. The summed E-state index contributed by atoms with van der Waals surface area (Å²) in [6.45, 7) is 0.997. The van der Waals surface area contributed by atoms with E-state index in [2.05, 4.69) is 5.32 Å². The van der Waals surface area contributed by atoms with Gasteiger partial charge in [-0.05, 0) is 6.92 Å². The predicted molar refractivity (Wildman–Crippen MR) is 111 cm³/mol. The van der Waals surface area contributed by atoms with E-state index in [4.69, 9.17) is 23.7 Å². The topological polar surface area (TPSA) is 257 Å². The lowest BCUT2D eigenvalue weighted by molar-refractivity contribution is -0.382. The molecular weight excluding hydrogens is 494 g/mol. The van der Waals surface area contributed by atoms with Crippen LogP contribution < -0.4 is 5.32 Å². The van der Waals surface area contributed by atoms with Crippen LogP contribution in [0.4, 0.5) is 0 Å². The number of carbonyl (C=O) groups excluding carboxylic acids is 1. The molecule has 16 heteroatoms. The molecule has 0 unspecified atom stereocenters.